The number of hydrogen-bond donors (Lipinski definition) is 1. The Morgan fingerprint density at radius 3 is 2.44 bits per heavy atom. The summed E-state index contributed by atoms with van der Waals surface area (Å²) in [5.74, 6) is 0.980. The number of nitrogens with zero attached hydrogens (tertiary/aromatic N) is 4. The molecule has 0 bridgehead atoms. The van der Waals surface area contributed by atoms with Crippen molar-refractivity contribution in [1.29, 1.82) is 0 Å². The van der Waals surface area contributed by atoms with Crippen LogP contribution in [0.3, 0.4) is 0 Å². The van der Waals surface area contributed by atoms with E-state index in [0.29, 0.717) is 10.8 Å². The average Bonchev–Trinajstić information content (AvgIpc) is 2.61. The number of likely N-dealkylation sites (N-methyl/N-ethyl adjacent to an activating group) is 1. The van der Waals surface area contributed by atoms with E-state index in [-0.39, 0.29) is 0 Å². The summed E-state index contributed by atoms with van der Waals surface area (Å²) >= 11 is 5.25. The molecule has 5 nitrogen and oxygen atoms in total. The SMILES string of the molecule is CC(C)n1c(N2CCN(C)CC2)n[nH]c1=S. The Kier molecular flexibility index (Phi) is 3.30. The first-order valence-electron chi connectivity index (χ1n) is 5.70. The zero-order valence-corrected chi connectivity index (χ0v) is 10.9. The van der Waals surface area contributed by atoms with Gasteiger partial charge in [-0.1, -0.05) is 0 Å². The van der Waals surface area contributed by atoms with Gasteiger partial charge in [-0.2, -0.15) is 0 Å². The molecule has 0 saturated carbocycles. The van der Waals surface area contributed by atoms with E-state index in [1.165, 1.54) is 0 Å². The molecule has 1 aliphatic heterocycles. The summed E-state index contributed by atoms with van der Waals surface area (Å²) in [6.07, 6.45) is 0. The molecular formula is C10H19N5S. The molecule has 0 aliphatic carbocycles. The van der Waals surface area contributed by atoms with Crippen LogP contribution in [0.5, 0.6) is 0 Å². The quantitative estimate of drug-likeness (QED) is 0.792. The molecule has 1 aliphatic rings. The minimum Gasteiger partial charge on any atom is -0.338 e. The van der Waals surface area contributed by atoms with Crippen molar-refractivity contribution in [3.05, 3.63) is 4.77 Å². The molecule has 0 amide bonds. The first-order valence-corrected chi connectivity index (χ1v) is 6.11. The molecule has 0 atom stereocenters. The highest BCUT2D eigenvalue weighted by Gasteiger charge is 2.20. The van der Waals surface area contributed by atoms with Crippen LogP contribution in [0.15, 0.2) is 0 Å². The number of nitrogens with one attached hydrogen (secondary N) is 1. The van der Waals surface area contributed by atoms with Crippen LogP contribution in [0.25, 0.3) is 0 Å². The van der Waals surface area contributed by atoms with Crippen molar-refractivity contribution in [2.24, 2.45) is 0 Å². The van der Waals surface area contributed by atoms with Crippen molar-refractivity contribution in [2.75, 3.05) is 38.1 Å². The summed E-state index contributed by atoms with van der Waals surface area (Å²) in [5.41, 5.74) is 0. The van der Waals surface area contributed by atoms with Crippen molar-refractivity contribution in [1.82, 2.24) is 19.7 Å². The van der Waals surface area contributed by atoms with Gasteiger partial charge in [0.25, 0.3) is 0 Å². The zero-order valence-electron chi connectivity index (χ0n) is 10.1. The van der Waals surface area contributed by atoms with Crippen molar-refractivity contribution < 1.29 is 0 Å². The lowest BCUT2D eigenvalue weighted by atomic mass is 10.3. The van der Waals surface area contributed by atoms with Gasteiger partial charge in [0, 0.05) is 32.2 Å². The van der Waals surface area contributed by atoms with Crippen molar-refractivity contribution in [3.63, 3.8) is 0 Å². The maximum Gasteiger partial charge on any atom is 0.226 e. The number of piperazine rings is 1. The van der Waals surface area contributed by atoms with Gasteiger partial charge in [0.2, 0.25) is 5.95 Å². The molecule has 2 heterocycles. The summed E-state index contributed by atoms with van der Waals surface area (Å²) < 4.78 is 2.80. The largest absolute Gasteiger partial charge is 0.338 e. The van der Waals surface area contributed by atoms with Gasteiger partial charge in [0.05, 0.1) is 0 Å². The smallest absolute Gasteiger partial charge is 0.226 e. The Labute approximate surface area is 101 Å². The van der Waals surface area contributed by atoms with Gasteiger partial charge in [-0.25, -0.2) is 5.10 Å². The third-order valence-electron chi connectivity index (χ3n) is 2.99. The van der Waals surface area contributed by atoms with Gasteiger partial charge in [-0.15, -0.1) is 5.10 Å². The molecule has 1 aromatic rings. The van der Waals surface area contributed by atoms with Crippen LogP contribution in [0.2, 0.25) is 0 Å². The highest BCUT2D eigenvalue weighted by molar-refractivity contribution is 7.71. The fourth-order valence-corrected chi connectivity index (χ4v) is 2.33. The van der Waals surface area contributed by atoms with E-state index in [1.54, 1.807) is 0 Å². The van der Waals surface area contributed by atoms with Crippen LogP contribution in [0.1, 0.15) is 19.9 Å². The first-order chi connectivity index (χ1) is 7.59. The molecular weight excluding hydrogens is 222 g/mol. The molecule has 0 spiro atoms. The van der Waals surface area contributed by atoms with E-state index in [2.05, 4.69) is 45.5 Å². The van der Waals surface area contributed by atoms with Gasteiger partial charge in [0.15, 0.2) is 4.77 Å². The Bertz CT molecular complexity index is 400. The van der Waals surface area contributed by atoms with Crippen LogP contribution in [-0.4, -0.2) is 52.9 Å². The lowest BCUT2D eigenvalue weighted by Crippen LogP contribution is -2.45. The number of aromatic amines is 1. The van der Waals surface area contributed by atoms with Gasteiger partial charge < -0.3 is 9.80 Å². The monoisotopic (exact) mass is 241 g/mol. The van der Waals surface area contributed by atoms with E-state index in [9.17, 15) is 0 Å². The summed E-state index contributed by atoms with van der Waals surface area (Å²) in [4.78, 5) is 4.63. The molecule has 1 saturated heterocycles. The molecule has 1 fully saturated rings. The topological polar surface area (TPSA) is 40.1 Å². The van der Waals surface area contributed by atoms with E-state index in [4.69, 9.17) is 12.2 Å². The van der Waals surface area contributed by atoms with E-state index in [1.807, 2.05) is 0 Å². The summed E-state index contributed by atoms with van der Waals surface area (Å²) in [5, 5.41) is 7.23. The van der Waals surface area contributed by atoms with Crippen molar-refractivity contribution >= 4 is 18.2 Å². The van der Waals surface area contributed by atoms with Gasteiger partial charge >= 0.3 is 0 Å². The molecule has 1 N–H and O–H groups in total. The van der Waals surface area contributed by atoms with E-state index < -0.39 is 0 Å². The maximum absolute atomic E-state index is 5.25. The average molecular weight is 241 g/mol. The van der Waals surface area contributed by atoms with Crippen LogP contribution in [0, 0.1) is 4.77 Å². The number of anilines is 1. The van der Waals surface area contributed by atoms with Gasteiger partial charge in [-0.3, -0.25) is 4.57 Å². The number of aromatic nitrogens is 3. The Hall–Kier alpha value is -0.880. The van der Waals surface area contributed by atoms with Crippen LogP contribution < -0.4 is 4.90 Å². The molecule has 0 radical (unpaired) electrons. The van der Waals surface area contributed by atoms with Gasteiger partial charge in [0.1, 0.15) is 0 Å². The molecule has 6 heteroatoms. The normalized spacial score (nSPS) is 18.4. The zero-order chi connectivity index (χ0) is 11.7. The Morgan fingerprint density at radius 1 is 1.25 bits per heavy atom. The number of hydrogen-bond acceptors (Lipinski definition) is 4. The minimum atomic E-state index is 0.348. The second kappa shape index (κ2) is 4.55. The molecule has 0 unspecified atom stereocenters. The highest BCUT2D eigenvalue weighted by atomic mass is 32.1. The summed E-state index contributed by atoms with van der Waals surface area (Å²) in [6, 6.07) is 0.348. The molecule has 0 aromatic carbocycles. The fourth-order valence-electron chi connectivity index (χ4n) is 1.99. The van der Waals surface area contributed by atoms with Crippen LogP contribution in [0.4, 0.5) is 5.95 Å². The van der Waals surface area contributed by atoms with Gasteiger partial charge in [-0.05, 0) is 33.1 Å². The predicted molar refractivity (Wildman–Crippen MR) is 67.5 cm³/mol. The van der Waals surface area contributed by atoms with Crippen molar-refractivity contribution in [3.8, 4) is 0 Å². The number of rotatable bonds is 2. The van der Waals surface area contributed by atoms with E-state index >= 15 is 0 Å². The van der Waals surface area contributed by atoms with Crippen LogP contribution in [-0.2, 0) is 0 Å². The summed E-state index contributed by atoms with van der Waals surface area (Å²) in [6.45, 7) is 8.46. The second-order valence-corrected chi connectivity index (χ2v) is 4.97. The standard InChI is InChI=1S/C10H19N5S/c1-8(2)15-9(11-12-10(15)16)14-6-4-13(3)5-7-14/h8H,4-7H2,1-3H3,(H,12,16). The Morgan fingerprint density at radius 2 is 1.88 bits per heavy atom. The third-order valence-corrected chi connectivity index (χ3v) is 3.28. The molecule has 16 heavy (non-hydrogen) atoms. The predicted octanol–water partition coefficient (Wildman–Crippen LogP) is 1.27. The Balaban J connectivity index is 2.24. The highest BCUT2D eigenvalue weighted by Crippen LogP contribution is 2.18. The molecule has 90 valence electrons. The summed E-state index contributed by atoms with van der Waals surface area (Å²) in [7, 11) is 2.15. The maximum atomic E-state index is 5.25. The van der Waals surface area contributed by atoms with Crippen LogP contribution >= 0.6 is 12.2 Å². The minimum absolute atomic E-state index is 0.348. The fraction of sp³-hybridized carbons (Fsp3) is 0.800. The van der Waals surface area contributed by atoms with Crippen molar-refractivity contribution in [2.45, 2.75) is 19.9 Å². The molecule has 2 rings (SSSR count). The third kappa shape index (κ3) is 2.12. The second-order valence-electron chi connectivity index (χ2n) is 4.58. The lowest BCUT2D eigenvalue weighted by Gasteiger charge is -2.33. The first kappa shape index (κ1) is 11.6. The molecule has 1 aromatic heterocycles. The number of H-pyrrole nitrogens is 1. The van der Waals surface area contributed by atoms with E-state index in [0.717, 1.165) is 32.1 Å². The lowest BCUT2D eigenvalue weighted by molar-refractivity contribution is 0.309.